The van der Waals surface area contributed by atoms with Crippen molar-refractivity contribution in [3.05, 3.63) is 29.8 Å². The fraction of sp³-hybridized carbons (Fsp3) is 0.300. The average molecular weight is 212 g/mol. The summed E-state index contributed by atoms with van der Waals surface area (Å²) in [5, 5.41) is 18.0. The van der Waals surface area contributed by atoms with E-state index >= 15 is 0 Å². The van der Waals surface area contributed by atoms with Gasteiger partial charge in [-0.25, -0.2) is 0 Å². The van der Waals surface area contributed by atoms with Crippen LogP contribution in [0.5, 0.6) is 0 Å². The maximum absolute atomic E-state index is 10.4. The molecule has 2 N–H and O–H groups in total. The van der Waals surface area contributed by atoms with Crippen LogP contribution in [0.4, 0.5) is 0 Å². The van der Waals surface area contributed by atoms with Crippen LogP contribution < -0.4 is 0 Å². The molecule has 14 heavy (non-hydrogen) atoms. The minimum atomic E-state index is -0.993. The van der Waals surface area contributed by atoms with Gasteiger partial charge in [0.05, 0.1) is 12.5 Å². The normalized spacial score (nSPS) is 12.4. The van der Waals surface area contributed by atoms with Crippen LogP contribution in [0, 0.1) is 0 Å². The molecule has 1 aromatic carbocycles. The van der Waals surface area contributed by atoms with Crippen LogP contribution in [-0.2, 0) is 4.79 Å². The lowest BCUT2D eigenvalue weighted by molar-refractivity contribution is -0.139. The lowest BCUT2D eigenvalue weighted by Gasteiger charge is -2.08. The Morgan fingerprint density at radius 3 is 2.86 bits per heavy atom. The second kappa shape index (κ2) is 5.02. The minimum absolute atomic E-state index is 0.252. The summed E-state index contributed by atoms with van der Waals surface area (Å²) in [7, 11) is 0. The van der Waals surface area contributed by atoms with E-state index in [-0.39, 0.29) is 6.42 Å². The van der Waals surface area contributed by atoms with Crippen LogP contribution in [0.25, 0.3) is 0 Å². The van der Waals surface area contributed by atoms with Gasteiger partial charge in [-0.3, -0.25) is 4.79 Å². The SMILES string of the molecule is CSc1cccc(C(O)CC(=O)O)c1. The van der Waals surface area contributed by atoms with Crippen LogP contribution in [0.3, 0.4) is 0 Å². The molecule has 0 amide bonds. The third-order valence-electron chi connectivity index (χ3n) is 1.85. The van der Waals surface area contributed by atoms with Gasteiger partial charge in [-0.1, -0.05) is 12.1 Å². The van der Waals surface area contributed by atoms with Gasteiger partial charge >= 0.3 is 5.97 Å². The number of benzene rings is 1. The van der Waals surface area contributed by atoms with Gasteiger partial charge in [-0.15, -0.1) is 11.8 Å². The van der Waals surface area contributed by atoms with Gasteiger partial charge in [0.1, 0.15) is 0 Å². The summed E-state index contributed by atoms with van der Waals surface area (Å²) >= 11 is 1.56. The predicted molar refractivity (Wildman–Crippen MR) is 55.4 cm³/mol. The fourth-order valence-corrected chi connectivity index (χ4v) is 1.60. The molecule has 0 spiro atoms. The Morgan fingerprint density at radius 2 is 2.29 bits per heavy atom. The highest BCUT2D eigenvalue weighted by Crippen LogP contribution is 2.22. The highest BCUT2D eigenvalue weighted by atomic mass is 32.2. The van der Waals surface area contributed by atoms with E-state index in [0.29, 0.717) is 5.56 Å². The van der Waals surface area contributed by atoms with Crippen molar-refractivity contribution in [1.82, 2.24) is 0 Å². The van der Waals surface area contributed by atoms with E-state index in [1.54, 1.807) is 23.9 Å². The van der Waals surface area contributed by atoms with Gasteiger partial charge in [-0.05, 0) is 24.0 Å². The fourth-order valence-electron chi connectivity index (χ4n) is 1.13. The molecule has 0 aromatic heterocycles. The number of hydrogen-bond donors (Lipinski definition) is 2. The van der Waals surface area contributed by atoms with Gasteiger partial charge in [0.2, 0.25) is 0 Å². The van der Waals surface area contributed by atoms with Crippen molar-refractivity contribution in [1.29, 1.82) is 0 Å². The highest BCUT2D eigenvalue weighted by molar-refractivity contribution is 7.98. The summed E-state index contributed by atoms with van der Waals surface area (Å²) in [6.07, 6.45) is 0.764. The molecule has 76 valence electrons. The third-order valence-corrected chi connectivity index (χ3v) is 2.57. The van der Waals surface area contributed by atoms with Crippen molar-refractivity contribution in [3.8, 4) is 0 Å². The monoisotopic (exact) mass is 212 g/mol. The zero-order valence-corrected chi connectivity index (χ0v) is 8.62. The Balaban J connectivity index is 2.78. The molecule has 0 saturated carbocycles. The summed E-state index contributed by atoms with van der Waals surface area (Å²) in [6.45, 7) is 0. The molecule has 0 aliphatic rings. The van der Waals surface area contributed by atoms with Crippen LogP contribution in [0.2, 0.25) is 0 Å². The largest absolute Gasteiger partial charge is 0.481 e. The van der Waals surface area contributed by atoms with Gasteiger partial charge in [0, 0.05) is 4.90 Å². The number of hydrogen-bond acceptors (Lipinski definition) is 3. The molecule has 0 aliphatic heterocycles. The van der Waals surface area contributed by atoms with Gasteiger partial charge < -0.3 is 10.2 Å². The topological polar surface area (TPSA) is 57.5 Å². The molecule has 0 radical (unpaired) electrons. The van der Waals surface area contributed by atoms with Crippen molar-refractivity contribution in [2.24, 2.45) is 0 Å². The second-order valence-corrected chi connectivity index (χ2v) is 3.77. The zero-order chi connectivity index (χ0) is 10.6. The summed E-state index contributed by atoms with van der Waals surface area (Å²) in [4.78, 5) is 11.4. The molecule has 0 aliphatic carbocycles. The quantitative estimate of drug-likeness (QED) is 0.749. The van der Waals surface area contributed by atoms with Gasteiger partial charge in [0.25, 0.3) is 0 Å². The molecular weight excluding hydrogens is 200 g/mol. The molecule has 1 aromatic rings. The van der Waals surface area contributed by atoms with Gasteiger partial charge in [0.15, 0.2) is 0 Å². The molecule has 1 unspecified atom stereocenters. The van der Waals surface area contributed by atoms with Crippen LogP contribution >= 0.6 is 11.8 Å². The predicted octanol–water partition coefficient (Wildman–Crippen LogP) is 1.92. The number of carboxylic acids is 1. The first-order valence-corrected chi connectivity index (χ1v) is 5.39. The number of rotatable bonds is 4. The van der Waals surface area contributed by atoms with E-state index in [1.807, 2.05) is 18.4 Å². The smallest absolute Gasteiger partial charge is 0.306 e. The molecule has 0 heterocycles. The van der Waals surface area contributed by atoms with E-state index < -0.39 is 12.1 Å². The lowest BCUT2D eigenvalue weighted by atomic mass is 10.1. The Morgan fingerprint density at radius 1 is 1.57 bits per heavy atom. The first kappa shape index (κ1) is 11.1. The molecule has 3 nitrogen and oxygen atoms in total. The molecule has 1 atom stereocenters. The summed E-state index contributed by atoms with van der Waals surface area (Å²) in [5.74, 6) is -0.993. The molecule has 4 heteroatoms. The van der Waals surface area contributed by atoms with Gasteiger partial charge in [-0.2, -0.15) is 0 Å². The van der Waals surface area contributed by atoms with E-state index in [9.17, 15) is 9.90 Å². The molecule has 1 rings (SSSR count). The first-order chi connectivity index (χ1) is 6.63. The zero-order valence-electron chi connectivity index (χ0n) is 7.80. The average Bonchev–Trinajstić information content (AvgIpc) is 2.17. The van der Waals surface area contributed by atoms with E-state index in [1.165, 1.54) is 0 Å². The Bertz CT molecular complexity index is 325. The van der Waals surface area contributed by atoms with E-state index in [0.717, 1.165) is 4.90 Å². The maximum atomic E-state index is 10.4. The van der Waals surface area contributed by atoms with Crippen molar-refractivity contribution < 1.29 is 15.0 Å². The third kappa shape index (κ3) is 3.05. The van der Waals surface area contributed by atoms with Crippen LogP contribution in [-0.4, -0.2) is 22.4 Å². The molecular formula is C10H12O3S. The van der Waals surface area contributed by atoms with Crippen LogP contribution in [0.1, 0.15) is 18.1 Å². The number of carboxylic acid groups (broad SMARTS) is 1. The molecule has 0 bridgehead atoms. The van der Waals surface area contributed by atoms with Crippen molar-refractivity contribution in [2.75, 3.05) is 6.26 Å². The standard InChI is InChI=1S/C10H12O3S/c1-14-8-4-2-3-7(5-8)9(11)6-10(12)13/h2-5,9,11H,6H2,1H3,(H,12,13). The summed E-state index contributed by atoms with van der Waals surface area (Å²) in [6, 6.07) is 7.26. The highest BCUT2D eigenvalue weighted by Gasteiger charge is 2.11. The first-order valence-electron chi connectivity index (χ1n) is 4.17. The number of carbonyl (C=O) groups is 1. The Hall–Kier alpha value is -1.00. The van der Waals surface area contributed by atoms with E-state index in [2.05, 4.69) is 0 Å². The number of aliphatic hydroxyl groups excluding tert-OH is 1. The Labute approximate surface area is 86.8 Å². The minimum Gasteiger partial charge on any atom is -0.481 e. The number of aliphatic carboxylic acids is 1. The summed E-state index contributed by atoms with van der Waals surface area (Å²) in [5.41, 5.74) is 0.652. The maximum Gasteiger partial charge on any atom is 0.306 e. The molecule has 0 saturated heterocycles. The number of aliphatic hydroxyl groups is 1. The molecule has 0 fully saturated rings. The van der Waals surface area contributed by atoms with E-state index in [4.69, 9.17) is 5.11 Å². The summed E-state index contributed by atoms with van der Waals surface area (Å²) < 4.78 is 0. The second-order valence-electron chi connectivity index (χ2n) is 2.89. The van der Waals surface area contributed by atoms with Crippen molar-refractivity contribution >= 4 is 17.7 Å². The van der Waals surface area contributed by atoms with Crippen molar-refractivity contribution in [3.63, 3.8) is 0 Å². The number of thioether (sulfide) groups is 1. The van der Waals surface area contributed by atoms with Crippen LogP contribution in [0.15, 0.2) is 29.2 Å². The van der Waals surface area contributed by atoms with Crippen molar-refractivity contribution in [2.45, 2.75) is 17.4 Å². The Kier molecular flexibility index (Phi) is 3.98. The lowest BCUT2D eigenvalue weighted by Crippen LogP contribution is -2.05.